The predicted molar refractivity (Wildman–Crippen MR) is 88.8 cm³/mol. The lowest BCUT2D eigenvalue weighted by atomic mass is 10.1. The van der Waals surface area contributed by atoms with Crippen LogP contribution in [0.2, 0.25) is 0 Å². The standard InChI is InChI=1S/C14H20IN3O2/c1-9(2)17-14(19)13-8-20-6-5-18(13)12-4-3-10(16)7-11(12)15/h3-4,7,9,13H,5-6,8,16H2,1-2H3,(H,17,19). The average Bonchev–Trinajstić information content (AvgIpc) is 2.38. The molecular weight excluding hydrogens is 369 g/mol. The third-order valence-corrected chi connectivity index (χ3v) is 4.01. The molecule has 1 aromatic rings. The summed E-state index contributed by atoms with van der Waals surface area (Å²) in [6, 6.07) is 5.59. The number of ether oxygens (including phenoxy) is 1. The van der Waals surface area contributed by atoms with E-state index in [9.17, 15) is 4.79 Å². The monoisotopic (exact) mass is 389 g/mol. The molecule has 1 unspecified atom stereocenters. The van der Waals surface area contributed by atoms with E-state index in [0.717, 1.165) is 14.9 Å². The molecule has 1 saturated heterocycles. The molecule has 1 fully saturated rings. The number of rotatable bonds is 3. The molecule has 0 aromatic heterocycles. The molecule has 1 heterocycles. The fourth-order valence-corrected chi connectivity index (χ4v) is 3.10. The van der Waals surface area contributed by atoms with Crippen molar-refractivity contribution in [1.29, 1.82) is 0 Å². The number of carbonyl (C=O) groups excluding carboxylic acids is 1. The van der Waals surface area contributed by atoms with Gasteiger partial charge in [-0.15, -0.1) is 0 Å². The van der Waals surface area contributed by atoms with Gasteiger partial charge >= 0.3 is 0 Å². The maximum Gasteiger partial charge on any atom is 0.245 e. The fourth-order valence-electron chi connectivity index (χ4n) is 2.25. The molecule has 5 nitrogen and oxygen atoms in total. The number of hydrogen-bond donors (Lipinski definition) is 2. The second-order valence-corrected chi connectivity index (χ2v) is 6.32. The van der Waals surface area contributed by atoms with E-state index in [4.69, 9.17) is 10.5 Å². The molecule has 1 aliphatic rings. The molecule has 110 valence electrons. The fraction of sp³-hybridized carbons (Fsp3) is 0.500. The Balaban J connectivity index is 2.24. The second-order valence-electron chi connectivity index (χ2n) is 5.16. The van der Waals surface area contributed by atoms with Crippen molar-refractivity contribution in [2.45, 2.75) is 25.9 Å². The number of nitrogens with one attached hydrogen (secondary N) is 1. The SMILES string of the molecule is CC(C)NC(=O)C1COCCN1c1ccc(N)cc1I. The number of morpholine rings is 1. The quantitative estimate of drug-likeness (QED) is 0.609. The van der Waals surface area contributed by atoms with Crippen molar-refractivity contribution in [2.24, 2.45) is 0 Å². The minimum atomic E-state index is -0.289. The number of carbonyl (C=O) groups is 1. The molecular formula is C14H20IN3O2. The van der Waals surface area contributed by atoms with Crippen LogP contribution in [0.15, 0.2) is 18.2 Å². The Bertz CT molecular complexity index is 493. The molecule has 2 rings (SSSR count). The molecule has 0 aliphatic carbocycles. The summed E-state index contributed by atoms with van der Waals surface area (Å²) in [5.41, 5.74) is 7.56. The highest BCUT2D eigenvalue weighted by Gasteiger charge is 2.30. The van der Waals surface area contributed by atoms with Crippen LogP contribution in [0.5, 0.6) is 0 Å². The zero-order valence-corrected chi connectivity index (χ0v) is 13.9. The Morgan fingerprint density at radius 3 is 2.95 bits per heavy atom. The van der Waals surface area contributed by atoms with Crippen LogP contribution in [-0.2, 0) is 9.53 Å². The minimum Gasteiger partial charge on any atom is -0.399 e. The van der Waals surface area contributed by atoms with Crippen LogP contribution in [0.25, 0.3) is 0 Å². The van der Waals surface area contributed by atoms with E-state index in [1.807, 2.05) is 32.0 Å². The zero-order valence-electron chi connectivity index (χ0n) is 11.7. The van der Waals surface area contributed by atoms with E-state index in [1.54, 1.807) is 0 Å². The van der Waals surface area contributed by atoms with Crippen LogP contribution in [0.3, 0.4) is 0 Å². The van der Waals surface area contributed by atoms with E-state index < -0.39 is 0 Å². The smallest absolute Gasteiger partial charge is 0.245 e. The van der Waals surface area contributed by atoms with E-state index in [-0.39, 0.29) is 18.0 Å². The van der Waals surface area contributed by atoms with Gasteiger partial charge in [0.25, 0.3) is 0 Å². The van der Waals surface area contributed by atoms with Gasteiger partial charge in [-0.05, 0) is 54.6 Å². The van der Waals surface area contributed by atoms with Crippen LogP contribution in [0.4, 0.5) is 11.4 Å². The highest BCUT2D eigenvalue weighted by Crippen LogP contribution is 2.27. The van der Waals surface area contributed by atoms with Gasteiger partial charge < -0.3 is 20.7 Å². The normalized spacial score (nSPS) is 19.2. The third kappa shape index (κ3) is 3.54. The molecule has 0 saturated carbocycles. The van der Waals surface area contributed by atoms with Crippen LogP contribution in [0, 0.1) is 3.57 Å². The number of nitrogens with zero attached hydrogens (tertiary/aromatic N) is 1. The van der Waals surface area contributed by atoms with Crippen LogP contribution in [0.1, 0.15) is 13.8 Å². The first-order valence-electron chi connectivity index (χ1n) is 6.69. The Labute approximate surface area is 133 Å². The van der Waals surface area contributed by atoms with Gasteiger partial charge in [-0.3, -0.25) is 4.79 Å². The zero-order chi connectivity index (χ0) is 14.7. The Kier molecular flexibility index (Phi) is 5.09. The lowest BCUT2D eigenvalue weighted by Crippen LogP contribution is -2.55. The molecule has 1 atom stereocenters. The second kappa shape index (κ2) is 6.62. The van der Waals surface area contributed by atoms with Gasteiger partial charge in [-0.1, -0.05) is 0 Å². The summed E-state index contributed by atoms with van der Waals surface area (Å²) in [6.07, 6.45) is 0. The number of amides is 1. The Morgan fingerprint density at radius 1 is 1.55 bits per heavy atom. The Hall–Kier alpha value is -1.02. The van der Waals surface area contributed by atoms with Gasteiger partial charge in [-0.2, -0.15) is 0 Å². The Morgan fingerprint density at radius 2 is 2.30 bits per heavy atom. The molecule has 0 bridgehead atoms. The summed E-state index contributed by atoms with van der Waals surface area (Å²) >= 11 is 2.25. The van der Waals surface area contributed by atoms with E-state index in [1.165, 1.54) is 0 Å². The van der Waals surface area contributed by atoms with Crippen molar-refractivity contribution >= 4 is 39.9 Å². The minimum absolute atomic E-state index is 0.00678. The molecule has 1 aliphatic heterocycles. The first-order chi connectivity index (χ1) is 9.49. The summed E-state index contributed by atoms with van der Waals surface area (Å²) < 4.78 is 6.52. The molecule has 1 aromatic carbocycles. The summed E-state index contributed by atoms with van der Waals surface area (Å²) in [4.78, 5) is 14.4. The molecule has 6 heteroatoms. The van der Waals surface area contributed by atoms with Crippen molar-refractivity contribution in [2.75, 3.05) is 30.4 Å². The van der Waals surface area contributed by atoms with Gasteiger partial charge in [0.15, 0.2) is 0 Å². The van der Waals surface area contributed by atoms with E-state index in [2.05, 4.69) is 32.8 Å². The molecule has 3 N–H and O–H groups in total. The first-order valence-corrected chi connectivity index (χ1v) is 7.76. The highest BCUT2D eigenvalue weighted by atomic mass is 127. The van der Waals surface area contributed by atoms with Crippen molar-refractivity contribution in [3.8, 4) is 0 Å². The van der Waals surface area contributed by atoms with Gasteiger partial charge in [0, 0.05) is 21.8 Å². The first kappa shape index (κ1) is 15.4. The summed E-state index contributed by atoms with van der Waals surface area (Å²) in [7, 11) is 0. The summed E-state index contributed by atoms with van der Waals surface area (Å²) in [5, 5.41) is 2.96. The topological polar surface area (TPSA) is 67.6 Å². The highest BCUT2D eigenvalue weighted by molar-refractivity contribution is 14.1. The molecule has 1 amide bonds. The van der Waals surface area contributed by atoms with Crippen LogP contribution >= 0.6 is 22.6 Å². The van der Waals surface area contributed by atoms with Crippen molar-refractivity contribution in [3.05, 3.63) is 21.8 Å². The number of hydrogen-bond acceptors (Lipinski definition) is 4. The van der Waals surface area contributed by atoms with Crippen LogP contribution in [-0.4, -0.2) is 37.7 Å². The van der Waals surface area contributed by atoms with Gasteiger partial charge in [0.05, 0.1) is 18.9 Å². The van der Waals surface area contributed by atoms with Gasteiger partial charge in [0.2, 0.25) is 5.91 Å². The maximum atomic E-state index is 12.3. The number of halogens is 1. The molecule has 0 radical (unpaired) electrons. The number of nitrogens with two attached hydrogens (primary N) is 1. The van der Waals surface area contributed by atoms with Crippen LogP contribution < -0.4 is 16.0 Å². The van der Waals surface area contributed by atoms with Gasteiger partial charge in [-0.25, -0.2) is 0 Å². The molecule has 0 spiro atoms. The number of nitrogen functional groups attached to an aromatic ring is 1. The van der Waals surface area contributed by atoms with Crippen molar-refractivity contribution in [3.63, 3.8) is 0 Å². The maximum absolute atomic E-state index is 12.3. The van der Waals surface area contributed by atoms with Gasteiger partial charge in [0.1, 0.15) is 6.04 Å². The lowest BCUT2D eigenvalue weighted by Gasteiger charge is -2.37. The average molecular weight is 389 g/mol. The number of anilines is 2. The lowest BCUT2D eigenvalue weighted by molar-refractivity contribution is -0.125. The van der Waals surface area contributed by atoms with E-state index >= 15 is 0 Å². The third-order valence-electron chi connectivity index (χ3n) is 3.14. The summed E-state index contributed by atoms with van der Waals surface area (Å²) in [5.74, 6) is 0.00678. The largest absolute Gasteiger partial charge is 0.399 e. The number of benzene rings is 1. The van der Waals surface area contributed by atoms with Crippen molar-refractivity contribution in [1.82, 2.24) is 5.32 Å². The summed E-state index contributed by atoms with van der Waals surface area (Å²) in [6.45, 7) is 5.67. The van der Waals surface area contributed by atoms with Crippen molar-refractivity contribution < 1.29 is 9.53 Å². The molecule has 20 heavy (non-hydrogen) atoms. The predicted octanol–water partition coefficient (Wildman–Crippen LogP) is 1.60. The van der Waals surface area contributed by atoms with E-state index in [0.29, 0.717) is 19.8 Å².